The van der Waals surface area contributed by atoms with Crippen molar-refractivity contribution < 1.29 is 14.3 Å². The molecule has 0 bridgehead atoms. The number of hydrogen-bond acceptors (Lipinski definition) is 4. The average molecular weight is 400 g/mol. The zero-order valence-corrected chi connectivity index (χ0v) is 17.1. The quantitative estimate of drug-likeness (QED) is 0.423. The number of oxazole rings is 1. The predicted octanol–water partition coefficient (Wildman–Crippen LogP) is 5.90. The highest BCUT2D eigenvalue weighted by Crippen LogP contribution is 2.30. The molecule has 5 nitrogen and oxygen atoms in total. The highest BCUT2D eigenvalue weighted by molar-refractivity contribution is 6.03. The maximum atomic E-state index is 12.4. The van der Waals surface area contributed by atoms with Crippen molar-refractivity contribution >= 4 is 22.4 Å². The van der Waals surface area contributed by atoms with Crippen molar-refractivity contribution in [2.24, 2.45) is 0 Å². The Bertz CT molecular complexity index is 1180. The van der Waals surface area contributed by atoms with Gasteiger partial charge in [-0.2, -0.15) is 0 Å². The number of phenols is 1. The zero-order valence-electron chi connectivity index (χ0n) is 17.1. The van der Waals surface area contributed by atoms with Crippen LogP contribution in [0.1, 0.15) is 37.6 Å². The first kappa shape index (κ1) is 19.7. The molecule has 0 unspecified atom stereocenters. The van der Waals surface area contributed by atoms with Gasteiger partial charge >= 0.3 is 0 Å². The molecule has 1 aromatic heterocycles. The largest absolute Gasteiger partial charge is 0.507 e. The fourth-order valence-electron chi connectivity index (χ4n) is 3.43. The van der Waals surface area contributed by atoms with Gasteiger partial charge in [-0.05, 0) is 23.6 Å². The summed E-state index contributed by atoms with van der Waals surface area (Å²) in [5.41, 5.74) is 2.92. The van der Waals surface area contributed by atoms with Crippen LogP contribution in [0.2, 0.25) is 0 Å². The van der Waals surface area contributed by atoms with Crippen LogP contribution >= 0.6 is 0 Å². The number of benzene rings is 3. The van der Waals surface area contributed by atoms with Crippen molar-refractivity contribution in [1.29, 1.82) is 0 Å². The number of aromatic nitrogens is 1. The van der Waals surface area contributed by atoms with Crippen LogP contribution in [0.15, 0.2) is 71.3 Å². The minimum absolute atomic E-state index is 0.133. The van der Waals surface area contributed by atoms with Crippen LogP contribution < -0.4 is 5.32 Å². The molecule has 5 heteroatoms. The minimum atomic E-state index is -0.133. The summed E-state index contributed by atoms with van der Waals surface area (Å²) >= 11 is 0. The SMILES string of the molecule is CC(C)c1ccc(-c2cnc(CCC(=O)Nc3cccc4c(O)cccc34)o2)cc1. The van der Waals surface area contributed by atoms with Gasteiger partial charge in [0.2, 0.25) is 5.91 Å². The summed E-state index contributed by atoms with van der Waals surface area (Å²) in [7, 11) is 0. The van der Waals surface area contributed by atoms with Crippen LogP contribution in [0.25, 0.3) is 22.1 Å². The normalized spacial score (nSPS) is 11.2. The predicted molar refractivity (Wildman–Crippen MR) is 119 cm³/mol. The van der Waals surface area contributed by atoms with Crippen molar-refractivity contribution in [2.75, 3.05) is 5.32 Å². The smallest absolute Gasteiger partial charge is 0.224 e. The molecule has 0 saturated carbocycles. The van der Waals surface area contributed by atoms with Crippen LogP contribution in [-0.4, -0.2) is 16.0 Å². The van der Waals surface area contributed by atoms with E-state index in [0.717, 1.165) is 10.9 Å². The van der Waals surface area contributed by atoms with Gasteiger partial charge in [0.05, 0.1) is 6.20 Å². The Morgan fingerprint density at radius 3 is 2.53 bits per heavy atom. The summed E-state index contributed by atoms with van der Waals surface area (Å²) < 4.78 is 5.83. The van der Waals surface area contributed by atoms with Crippen molar-refractivity contribution in [2.45, 2.75) is 32.6 Å². The third kappa shape index (κ3) is 4.20. The topological polar surface area (TPSA) is 75.4 Å². The Kier molecular flexibility index (Phi) is 5.53. The standard InChI is InChI=1S/C25H24N2O3/c1-16(2)17-9-11-18(12-10-17)23-15-26-25(30-23)14-13-24(29)27-21-7-3-6-20-19(21)5-4-8-22(20)28/h3-12,15-16,28H,13-14H2,1-2H3,(H,27,29). The number of amides is 1. The maximum absolute atomic E-state index is 12.4. The summed E-state index contributed by atoms with van der Waals surface area (Å²) in [4.78, 5) is 16.8. The molecule has 0 atom stereocenters. The molecular weight excluding hydrogens is 376 g/mol. The maximum Gasteiger partial charge on any atom is 0.224 e. The molecule has 0 aliphatic heterocycles. The van der Waals surface area contributed by atoms with E-state index in [0.29, 0.717) is 35.1 Å². The number of hydrogen-bond donors (Lipinski definition) is 2. The first-order valence-corrected chi connectivity index (χ1v) is 10.1. The molecule has 4 rings (SSSR count). The van der Waals surface area contributed by atoms with E-state index in [4.69, 9.17) is 4.42 Å². The number of phenolic OH excluding ortho intramolecular Hbond substituents is 1. The second-order valence-electron chi connectivity index (χ2n) is 7.62. The van der Waals surface area contributed by atoms with E-state index in [1.807, 2.05) is 36.4 Å². The molecule has 1 heterocycles. The highest BCUT2D eigenvalue weighted by atomic mass is 16.4. The molecule has 1 amide bonds. The molecule has 0 saturated heterocycles. The number of nitrogens with zero attached hydrogens (tertiary/aromatic N) is 1. The number of carbonyl (C=O) groups is 1. The van der Waals surface area contributed by atoms with Gasteiger partial charge < -0.3 is 14.8 Å². The fourth-order valence-corrected chi connectivity index (χ4v) is 3.43. The van der Waals surface area contributed by atoms with Gasteiger partial charge in [-0.1, -0.05) is 62.4 Å². The van der Waals surface area contributed by atoms with Crippen molar-refractivity contribution in [1.82, 2.24) is 4.98 Å². The average Bonchev–Trinajstić information content (AvgIpc) is 3.22. The van der Waals surface area contributed by atoms with Crippen LogP contribution in [0, 0.1) is 0 Å². The van der Waals surface area contributed by atoms with Gasteiger partial charge in [0.25, 0.3) is 0 Å². The van der Waals surface area contributed by atoms with Gasteiger partial charge in [-0.25, -0.2) is 4.98 Å². The Labute approximate surface area is 175 Å². The molecule has 2 N–H and O–H groups in total. The molecule has 0 fully saturated rings. The van der Waals surface area contributed by atoms with Crippen LogP contribution in [-0.2, 0) is 11.2 Å². The van der Waals surface area contributed by atoms with Crippen LogP contribution in [0.3, 0.4) is 0 Å². The lowest BCUT2D eigenvalue weighted by molar-refractivity contribution is -0.116. The van der Waals surface area contributed by atoms with Gasteiger partial charge in [0.15, 0.2) is 11.7 Å². The van der Waals surface area contributed by atoms with E-state index in [1.165, 1.54) is 5.56 Å². The molecule has 0 spiro atoms. The van der Waals surface area contributed by atoms with E-state index >= 15 is 0 Å². The van der Waals surface area contributed by atoms with E-state index < -0.39 is 0 Å². The monoisotopic (exact) mass is 400 g/mol. The Morgan fingerprint density at radius 2 is 1.77 bits per heavy atom. The Morgan fingerprint density at radius 1 is 1.03 bits per heavy atom. The number of nitrogens with one attached hydrogen (secondary N) is 1. The third-order valence-electron chi connectivity index (χ3n) is 5.15. The fraction of sp³-hybridized carbons (Fsp3) is 0.200. The van der Waals surface area contributed by atoms with Crippen LogP contribution in [0.5, 0.6) is 5.75 Å². The molecule has 152 valence electrons. The molecule has 3 aromatic carbocycles. The van der Waals surface area contributed by atoms with Crippen molar-refractivity contribution in [3.05, 3.63) is 78.3 Å². The third-order valence-corrected chi connectivity index (χ3v) is 5.15. The van der Waals surface area contributed by atoms with Gasteiger partial charge in [0.1, 0.15) is 5.75 Å². The number of fused-ring (bicyclic) bond motifs is 1. The second-order valence-corrected chi connectivity index (χ2v) is 7.62. The van der Waals surface area contributed by atoms with Gasteiger partial charge in [-0.3, -0.25) is 4.79 Å². The van der Waals surface area contributed by atoms with Gasteiger partial charge in [0, 0.05) is 34.9 Å². The molecule has 0 aliphatic rings. The highest BCUT2D eigenvalue weighted by Gasteiger charge is 2.11. The van der Waals surface area contributed by atoms with Crippen molar-refractivity contribution in [3.8, 4) is 17.1 Å². The van der Waals surface area contributed by atoms with E-state index in [1.54, 1.807) is 18.3 Å². The lowest BCUT2D eigenvalue weighted by Crippen LogP contribution is -2.12. The first-order valence-electron chi connectivity index (χ1n) is 10.1. The van der Waals surface area contributed by atoms with Crippen molar-refractivity contribution in [3.63, 3.8) is 0 Å². The Hall–Kier alpha value is -3.60. The van der Waals surface area contributed by atoms with E-state index in [9.17, 15) is 9.90 Å². The lowest BCUT2D eigenvalue weighted by atomic mass is 10.0. The molecule has 0 aliphatic carbocycles. The second kappa shape index (κ2) is 8.41. The van der Waals surface area contributed by atoms with E-state index in [2.05, 4.69) is 36.3 Å². The number of rotatable bonds is 6. The summed E-state index contributed by atoms with van der Waals surface area (Å²) in [5, 5.41) is 14.4. The van der Waals surface area contributed by atoms with E-state index in [-0.39, 0.29) is 18.1 Å². The lowest BCUT2D eigenvalue weighted by Gasteiger charge is -2.09. The summed E-state index contributed by atoms with van der Waals surface area (Å²) in [6, 6.07) is 19.0. The number of aromatic hydroxyl groups is 1. The molecular formula is C25H24N2O3. The number of aryl methyl sites for hydroxylation is 1. The van der Waals surface area contributed by atoms with Crippen LogP contribution in [0.4, 0.5) is 5.69 Å². The molecule has 30 heavy (non-hydrogen) atoms. The number of carbonyl (C=O) groups excluding carboxylic acids is 1. The summed E-state index contributed by atoms with van der Waals surface area (Å²) in [5.74, 6) is 1.77. The first-order chi connectivity index (χ1) is 14.5. The number of anilines is 1. The molecule has 4 aromatic rings. The Balaban J connectivity index is 1.40. The molecule has 0 radical (unpaired) electrons. The zero-order chi connectivity index (χ0) is 21.1. The van der Waals surface area contributed by atoms with Gasteiger partial charge in [-0.15, -0.1) is 0 Å². The minimum Gasteiger partial charge on any atom is -0.507 e. The summed E-state index contributed by atoms with van der Waals surface area (Å²) in [6.45, 7) is 4.32. The summed E-state index contributed by atoms with van der Waals surface area (Å²) in [6.07, 6.45) is 2.36.